The third-order valence-corrected chi connectivity index (χ3v) is 3.90. The molecule has 112 valence electrons. The van der Waals surface area contributed by atoms with Gasteiger partial charge in [-0.15, -0.1) is 0 Å². The Morgan fingerprint density at radius 2 is 2.38 bits per heavy atom. The molecule has 0 saturated carbocycles. The fourth-order valence-electron chi connectivity index (χ4n) is 2.70. The van der Waals surface area contributed by atoms with E-state index in [1.165, 1.54) is 0 Å². The Hall–Kier alpha value is -1.85. The van der Waals surface area contributed by atoms with Gasteiger partial charge in [0.05, 0.1) is 26.5 Å². The molecule has 1 saturated heterocycles. The first-order valence-corrected chi connectivity index (χ1v) is 7.18. The van der Waals surface area contributed by atoms with Crippen molar-refractivity contribution >= 4 is 0 Å². The van der Waals surface area contributed by atoms with Crippen LogP contribution >= 0.6 is 0 Å². The van der Waals surface area contributed by atoms with Gasteiger partial charge in [0, 0.05) is 30.8 Å². The summed E-state index contributed by atoms with van der Waals surface area (Å²) in [6.45, 7) is 2.53. The Kier molecular flexibility index (Phi) is 4.22. The second kappa shape index (κ2) is 6.28. The number of rotatable bonds is 5. The Labute approximate surface area is 124 Å². The summed E-state index contributed by atoms with van der Waals surface area (Å²) in [5.41, 5.74) is 2.85. The Morgan fingerprint density at radius 3 is 3.10 bits per heavy atom. The molecule has 1 aromatic carbocycles. The van der Waals surface area contributed by atoms with Crippen molar-refractivity contribution in [3.8, 4) is 16.9 Å². The topological polar surface area (TPSA) is 56.5 Å². The third kappa shape index (κ3) is 3.09. The van der Waals surface area contributed by atoms with Crippen LogP contribution in [0.5, 0.6) is 5.75 Å². The molecule has 0 spiro atoms. The van der Waals surface area contributed by atoms with Gasteiger partial charge in [-0.1, -0.05) is 6.07 Å². The molecular formula is C16H20N2O3. The molecule has 5 nitrogen and oxygen atoms in total. The molecule has 1 aliphatic rings. The van der Waals surface area contributed by atoms with Crippen molar-refractivity contribution in [3.05, 3.63) is 36.2 Å². The fraction of sp³-hybridized carbons (Fsp3) is 0.438. The minimum atomic E-state index is -0.0197. The summed E-state index contributed by atoms with van der Waals surface area (Å²) in [5.74, 6) is 1.30. The van der Waals surface area contributed by atoms with E-state index in [1.54, 1.807) is 7.11 Å². The average Bonchev–Trinajstić information content (AvgIpc) is 3.19. The molecule has 2 aromatic rings. The van der Waals surface area contributed by atoms with Gasteiger partial charge in [-0.25, -0.2) is 0 Å². The van der Waals surface area contributed by atoms with E-state index in [4.69, 9.17) is 9.47 Å². The summed E-state index contributed by atoms with van der Waals surface area (Å²) < 4.78 is 12.5. The van der Waals surface area contributed by atoms with Gasteiger partial charge in [0.1, 0.15) is 5.75 Å². The summed E-state index contributed by atoms with van der Waals surface area (Å²) in [7, 11) is 1.62. The first-order chi connectivity index (χ1) is 10.3. The van der Waals surface area contributed by atoms with Crippen molar-refractivity contribution in [2.24, 2.45) is 5.92 Å². The molecular weight excluding hydrogens is 268 g/mol. The number of aliphatic hydroxyl groups is 1. The van der Waals surface area contributed by atoms with Gasteiger partial charge in [-0.05, 0) is 29.7 Å². The first kappa shape index (κ1) is 14.1. The number of hydrogen-bond donors (Lipinski definition) is 1. The van der Waals surface area contributed by atoms with Gasteiger partial charge in [-0.2, -0.15) is 5.10 Å². The van der Waals surface area contributed by atoms with E-state index in [9.17, 15) is 5.11 Å². The van der Waals surface area contributed by atoms with E-state index in [0.717, 1.165) is 48.6 Å². The molecule has 2 heterocycles. The molecule has 0 bridgehead atoms. The van der Waals surface area contributed by atoms with Gasteiger partial charge in [0.15, 0.2) is 0 Å². The second-order valence-corrected chi connectivity index (χ2v) is 5.36. The monoisotopic (exact) mass is 288 g/mol. The van der Waals surface area contributed by atoms with E-state index in [1.807, 2.05) is 35.3 Å². The Morgan fingerprint density at radius 1 is 1.48 bits per heavy atom. The standard InChI is InChI=1S/C16H20N2O3/c1-20-15-2-3-16(13(6-15)10-19)14-7-17-18(9-14)8-12-4-5-21-11-12/h2-3,6-7,9,12,19H,4-5,8,10-11H2,1H3/t12-/m1/s1. The van der Waals surface area contributed by atoms with Gasteiger partial charge >= 0.3 is 0 Å². The fourth-order valence-corrected chi connectivity index (χ4v) is 2.70. The highest BCUT2D eigenvalue weighted by Crippen LogP contribution is 2.27. The zero-order chi connectivity index (χ0) is 14.7. The molecule has 1 fully saturated rings. The Balaban J connectivity index is 1.81. The van der Waals surface area contributed by atoms with Gasteiger partial charge in [0.2, 0.25) is 0 Å². The number of aliphatic hydroxyl groups excluding tert-OH is 1. The largest absolute Gasteiger partial charge is 0.497 e. The number of aromatic nitrogens is 2. The lowest BCUT2D eigenvalue weighted by Gasteiger charge is -2.08. The van der Waals surface area contributed by atoms with Crippen molar-refractivity contribution in [2.75, 3.05) is 20.3 Å². The van der Waals surface area contributed by atoms with Gasteiger partial charge in [-0.3, -0.25) is 4.68 Å². The predicted molar refractivity (Wildman–Crippen MR) is 79.1 cm³/mol. The summed E-state index contributed by atoms with van der Waals surface area (Å²) in [4.78, 5) is 0. The van der Waals surface area contributed by atoms with Crippen molar-refractivity contribution in [1.82, 2.24) is 9.78 Å². The van der Waals surface area contributed by atoms with Crippen molar-refractivity contribution in [3.63, 3.8) is 0 Å². The van der Waals surface area contributed by atoms with Crippen LogP contribution in [0.2, 0.25) is 0 Å². The van der Waals surface area contributed by atoms with Crippen LogP contribution in [-0.4, -0.2) is 35.2 Å². The molecule has 1 aromatic heterocycles. The highest BCUT2D eigenvalue weighted by atomic mass is 16.5. The lowest BCUT2D eigenvalue weighted by Crippen LogP contribution is -2.10. The number of benzene rings is 1. The summed E-state index contributed by atoms with van der Waals surface area (Å²) in [6, 6.07) is 5.72. The number of ether oxygens (including phenoxy) is 2. The highest BCUT2D eigenvalue weighted by molar-refractivity contribution is 5.67. The van der Waals surface area contributed by atoms with E-state index >= 15 is 0 Å². The summed E-state index contributed by atoms with van der Waals surface area (Å²) in [5, 5.41) is 14.0. The van der Waals surface area contributed by atoms with Crippen LogP contribution in [0.1, 0.15) is 12.0 Å². The maximum Gasteiger partial charge on any atom is 0.119 e. The number of hydrogen-bond acceptors (Lipinski definition) is 4. The third-order valence-electron chi connectivity index (χ3n) is 3.90. The van der Waals surface area contributed by atoms with Crippen LogP contribution in [0.25, 0.3) is 11.1 Å². The van der Waals surface area contributed by atoms with Gasteiger partial charge in [0.25, 0.3) is 0 Å². The Bertz CT molecular complexity index is 603. The van der Waals surface area contributed by atoms with E-state index in [0.29, 0.717) is 5.92 Å². The van der Waals surface area contributed by atoms with Crippen LogP contribution in [0.4, 0.5) is 0 Å². The highest BCUT2D eigenvalue weighted by Gasteiger charge is 2.17. The lowest BCUT2D eigenvalue weighted by molar-refractivity contribution is 0.181. The lowest BCUT2D eigenvalue weighted by atomic mass is 10.0. The molecule has 0 amide bonds. The molecule has 0 unspecified atom stereocenters. The van der Waals surface area contributed by atoms with Crippen LogP contribution in [0, 0.1) is 5.92 Å². The molecule has 0 radical (unpaired) electrons. The average molecular weight is 288 g/mol. The van der Waals surface area contributed by atoms with E-state index in [2.05, 4.69) is 5.10 Å². The second-order valence-electron chi connectivity index (χ2n) is 5.36. The van der Waals surface area contributed by atoms with Crippen LogP contribution in [-0.2, 0) is 17.9 Å². The summed E-state index contributed by atoms with van der Waals surface area (Å²) in [6.07, 6.45) is 4.97. The maximum absolute atomic E-state index is 9.54. The molecule has 1 aliphatic heterocycles. The molecule has 21 heavy (non-hydrogen) atoms. The number of nitrogens with zero attached hydrogens (tertiary/aromatic N) is 2. The minimum Gasteiger partial charge on any atom is -0.497 e. The number of methoxy groups -OCH3 is 1. The van der Waals surface area contributed by atoms with Crippen molar-refractivity contribution < 1.29 is 14.6 Å². The first-order valence-electron chi connectivity index (χ1n) is 7.18. The van der Waals surface area contributed by atoms with Crippen molar-refractivity contribution in [2.45, 2.75) is 19.6 Å². The molecule has 1 N–H and O–H groups in total. The zero-order valence-corrected chi connectivity index (χ0v) is 12.2. The molecule has 3 rings (SSSR count). The molecule has 5 heteroatoms. The maximum atomic E-state index is 9.54. The van der Waals surface area contributed by atoms with Gasteiger partial charge < -0.3 is 14.6 Å². The van der Waals surface area contributed by atoms with Crippen LogP contribution in [0.15, 0.2) is 30.6 Å². The SMILES string of the molecule is COc1ccc(-c2cnn(C[C@H]3CCOC3)c2)c(CO)c1. The quantitative estimate of drug-likeness (QED) is 0.915. The smallest absolute Gasteiger partial charge is 0.119 e. The summed E-state index contributed by atoms with van der Waals surface area (Å²) >= 11 is 0. The van der Waals surface area contributed by atoms with Crippen molar-refractivity contribution in [1.29, 1.82) is 0 Å². The predicted octanol–water partition coefficient (Wildman–Crippen LogP) is 2.09. The molecule has 1 atom stereocenters. The van der Waals surface area contributed by atoms with Crippen LogP contribution in [0.3, 0.4) is 0 Å². The van der Waals surface area contributed by atoms with E-state index in [-0.39, 0.29) is 6.61 Å². The zero-order valence-electron chi connectivity index (χ0n) is 12.2. The van der Waals surface area contributed by atoms with Crippen LogP contribution < -0.4 is 4.74 Å². The molecule has 0 aliphatic carbocycles. The normalized spacial score (nSPS) is 18.1. The minimum absolute atomic E-state index is 0.0197. The van der Waals surface area contributed by atoms with E-state index < -0.39 is 0 Å².